The van der Waals surface area contributed by atoms with E-state index in [0.717, 1.165) is 42.5 Å². The first-order valence-electron chi connectivity index (χ1n) is 14.5. The summed E-state index contributed by atoms with van der Waals surface area (Å²) < 4.78 is 13.3. The van der Waals surface area contributed by atoms with Gasteiger partial charge in [-0.3, -0.25) is 14.4 Å². The maximum atomic E-state index is 13.5. The van der Waals surface area contributed by atoms with Gasteiger partial charge in [-0.2, -0.15) is 0 Å². The third kappa shape index (κ3) is 6.76. The molecule has 3 amide bonds. The zero-order valence-corrected chi connectivity index (χ0v) is 23.4. The van der Waals surface area contributed by atoms with Gasteiger partial charge in [-0.05, 0) is 60.7 Å². The van der Waals surface area contributed by atoms with Gasteiger partial charge in [-0.25, -0.2) is 4.39 Å². The van der Waals surface area contributed by atoms with Crippen LogP contribution in [-0.4, -0.2) is 48.8 Å². The molecule has 5 rings (SSSR count). The zero-order valence-electron chi connectivity index (χ0n) is 23.4. The third-order valence-electron chi connectivity index (χ3n) is 8.19. The highest BCUT2D eigenvalue weighted by Crippen LogP contribution is 2.30. The fraction of sp³-hybridized carbons (Fsp3) is 0.364. The van der Waals surface area contributed by atoms with E-state index >= 15 is 0 Å². The topological polar surface area (TPSA) is 81.8 Å². The number of hydrogen-bond acceptors (Lipinski definition) is 4. The highest BCUT2D eigenvalue weighted by atomic mass is 19.1. The van der Waals surface area contributed by atoms with Gasteiger partial charge in [0.2, 0.25) is 11.8 Å². The molecule has 0 bridgehead atoms. The summed E-state index contributed by atoms with van der Waals surface area (Å²) in [6.45, 7) is 4.56. The van der Waals surface area contributed by atoms with Gasteiger partial charge >= 0.3 is 0 Å². The van der Waals surface area contributed by atoms with Gasteiger partial charge in [0.1, 0.15) is 5.82 Å². The lowest BCUT2D eigenvalue weighted by Gasteiger charge is -2.38. The first-order chi connectivity index (χ1) is 19.9. The van der Waals surface area contributed by atoms with E-state index in [1.807, 2.05) is 54.3 Å². The second-order valence-electron chi connectivity index (χ2n) is 10.8. The van der Waals surface area contributed by atoms with Crippen LogP contribution in [0.2, 0.25) is 0 Å². The Morgan fingerprint density at radius 1 is 0.927 bits per heavy atom. The van der Waals surface area contributed by atoms with Crippen molar-refractivity contribution in [2.45, 2.75) is 45.1 Å². The Bertz CT molecular complexity index is 1370. The van der Waals surface area contributed by atoms with Crippen LogP contribution in [0.5, 0.6) is 0 Å². The first kappa shape index (κ1) is 28.3. The number of piperazine rings is 1. The Hall–Kier alpha value is -4.20. The predicted octanol–water partition coefficient (Wildman–Crippen LogP) is 5.34. The van der Waals surface area contributed by atoms with E-state index in [9.17, 15) is 18.8 Å². The molecule has 3 aromatic rings. The van der Waals surface area contributed by atoms with E-state index in [1.54, 1.807) is 18.2 Å². The fourth-order valence-corrected chi connectivity index (χ4v) is 5.49. The molecule has 1 aliphatic carbocycles. The largest absolute Gasteiger partial charge is 0.367 e. The van der Waals surface area contributed by atoms with E-state index in [2.05, 4.69) is 15.5 Å². The van der Waals surface area contributed by atoms with Crippen molar-refractivity contribution in [3.8, 4) is 0 Å². The van der Waals surface area contributed by atoms with E-state index in [4.69, 9.17) is 0 Å². The quantitative estimate of drug-likeness (QED) is 0.373. The van der Waals surface area contributed by atoms with Gasteiger partial charge in [0, 0.05) is 50.0 Å². The number of rotatable bonds is 9. The molecule has 0 aromatic heterocycles. The van der Waals surface area contributed by atoms with Crippen molar-refractivity contribution in [3.05, 3.63) is 95.3 Å². The predicted molar refractivity (Wildman–Crippen MR) is 158 cm³/mol. The number of benzene rings is 3. The summed E-state index contributed by atoms with van der Waals surface area (Å²) in [7, 11) is 0. The van der Waals surface area contributed by atoms with Crippen LogP contribution in [0.15, 0.2) is 72.8 Å². The second-order valence-corrected chi connectivity index (χ2v) is 10.8. The van der Waals surface area contributed by atoms with Crippen molar-refractivity contribution < 1.29 is 18.8 Å². The number of nitrogens with zero attached hydrogens (tertiary/aromatic N) is 2. The average molecular weight is 557 g/mol. The molecule has 1 atom stereocenters. The number of anilines is 2. The Morgan fingerprint density at radius 2 is 1.63 bits per heavy atom. The summed E-state index contributed by atoms with van der Waals surface area (Å²) in [5.41, 5.74) is 3.60. The lowest BCUT2D eigenvalue weighted by Crippen LogP contribution is -2.50. The van der Waals surface area contributed by atoms with E-state index < -0.39 is 0 Å². The number of carbonyl (C=O) groups is 3. The number of carbonyl (C=O) groups excluding carboxylic acids is 3. The number of amides is 3. The van der Waals surface area contributed by atoms with Crippen molar-refractivity contribution in [2.24, 2.45) is 5.92 Å². The first-order valence-corrected chi connectivity index (χ1v) is 14.5. The minimum Gasteiger partial charge on any atom is -0.367 e. The summed E-state index contributed by atoms with van der Waals surface area (Å²) >= 11 is 0. The molecule has 1 saturated heterocycles. The maximum Gasteiger partial charge on any atom is 0.253 e. The lowest BCUT2D eigenvalue weighted by molar-refractivity contribution is -0.133. The molecule has 214 valence electrons. The minimum atomic E-state index is -0.330. The Balaban J connectivity index is 1.30. The molecule has 0 radical (unpaired) electrons. The number of halogens is 1. The number of nitrogens with one attached hydrogen (secondary N) is 2. The minimum absolute atomic E-state index is 0.0160. The van der Waals surface area contributed by atoms with Crippen LogP contribution in [-0.2, 0) is 16.1 Å². The van der Waals surface area contributed by atoms with Crippen LogP contribution in [0.1, 0.15) is 60.0 Å². The Kier molecular flexibility index (Phi) is 8.97. The molecule has 2 fully saturated rings. The number of hydrogen-bond donors (Lipinski definition) is 2. The average Bonchev–Trinajstić information content (AvgIpc) is 2.97. The summed E-state index contributed by atoms with van der Waals surface area (Å²) in [6, 6.07) is 21.3. The summed E-state index contributed by atoms with van der Waals surface area (Å²) in [6.07, 6.45) is 3.57. The highest BCUT2D eigenvalue weighted by molar-refractivity contribution is 6.02. The molecule has 2 aliphatic rings. The van der Waals surface area contributed by atoms with Crippen molar-refractivity contribution in [3.63, 3.8) is 0 Å². The standard InChI is InChI=1S/C33H37FN4O3/c1-2-28(24-7-4-3-5-8-24)33(41)38-19-17-37(18-20-38)30-16-15-27(36-31(39)25-9-6-10-25)21-29(30)32(40)35-22-23-11-13-26(34)14-12-23/h3-5,7-8,11-16,21,25,28H,2,6,9-10,17-20,22H2,1H3,(H,35,40)(H,36,39). The molecule has 8 heteroatoms. The van der Waals surface area contributed by atoms with Crippen LogP contribution in [0.3, 0.4) is 0 Å². The van der Waals surface area contributed by atoms with Crippen LogP contribution in [0.25, 0.3) is 0 Å². The summed E-state index contributed by atoms with van der Waals surface area (Å²) in [5, 5.41) is 5.92. The molecule has 0 spiro atoms. The molecule has 2 N–H and O–H groups in total. The van der Waals surface area contributed by atoms with Crippen LogP contribution in [0, 0.1) is 11.7 Å². The SMILES string of the molecule is CCC(C(=O)N1CCN(c2ccc(NC(=O)C3CCC3)cc2C(=O)NCc2ccc(F)cc2)CC1)c1ccccc1. The molecular weight excluding hydrogens is 519 g/mol. The second kappa shape index (κ2) is 13.0. The van der Waals surface area contributed by atoms with E-state index in [-0.39, 0.29) is 41.9 Å². The van der Waals surface area contributed by atoms with Crippen molar-refractivity contribution in [2.75, 3.05) is 36.4 Å². The monoisotopic (exact) mass is 556 g/mol. The molecule has 1 heterocycles. The van der Waals surface area contributed by atoms with Gasteiger partial charge in [-0.1, -0.05) is 55.8 Å². The molecule has 1 aliphatic heterocycles. The van der Waals surface area contributed by atoms with Crippen LogP contribution >= 0.6 is 0 Å². The molecule has 41 heavy (non-hydrogen) atoms. The van der Waals surface area contributed by atoms with Crippen LogP contribution < -0.4 is 15.5 Å². The van der Waals surface area contributed by atoms with Crippen molar-refractivity contribution >= 4 is 29.1 Å². The van der Waals surface area contributed by atoms with Gasteiger partial charge in [0.05, 0.1) is 11.5 Å². The lowest BCUT2D eigenvalue weighted by atomic mass is 9.85. The highest BCUT2D eigenvalue weighted by Gasteiger charge is 2.29. The zero-order chi connectivity index (χ0) is 28.8. The normalized spacial score (nSPS) is 16.0. The summed E-state index contributed by atoms with van der Waals surface area (Å²) in [4.78, 5) is 43.5. The van der Waals surface area contributed by atoms with Gasteiger partial charge in [0.15, 0.2) is 0 Å². The van der Waals surface area contributed by atoms with Gasteiger partial charge in [0.25, 0.3) is 5.91 Å². The third-order valence-corrected chi connectivity index (χ3v) is 8.19. The van der Waals surface area contributed by atoms with Crippen molar-refractivity contribution in [1.82, 2.24) is 10.2 Å². The fourth-order valence-electron chi connectivity index (χ4n) is 5.49. The molecule has 1 saturated carbocycles. The van der Waals surface area contributed by atoms with E-state index in [0.29, 0.717) is 37.4 Å². The van der Waals surface area contributed by atoms with Crippen LogP contribution in [0.4, 0.5) is 15.8 Å². The van der Waals surface area contributed by atoms with E-state index in [1.165, 1.54) is 12.1 Å². The Labute approximate surface area is 240 Å². The summed E-state index contributed by atoms with van der Waals surface area (Å²) in [5.74, 6) is -0.642. The van der Waals surface area contributed by atoms with Crippen molar-refractivity contribution in [1.29, 1.82) is 0 Å². The molecule has 7 nitrogen and oxygen atoms in total. The maximum absolute atomic E-state index is 13.5. The smallest absolute Gasteiger partial charge is 0.253 e. The Morgan fingerprint density at radius 3 is 2.27 bits per heavy atom. The van der Waals surface area contributed by atoms with Gasteiger partial charge in [-0.15, -0.1) is 0 Å². The molecule has 3 aromatic carbocycles. The molecule has 1 unspecified atom stereocenters. The van der Waals surface area contributed by atoms with Gasteiger partial charge < -0.3 is 20.4 Å². The molecular formula is C33H37FN4O3.